The first-order valence-electron chi connectivity index (χ1n) is 8.55. The van der Waals surface area contributed by atoms with E-state index in [9.17, 15) is 23.1 Å². The van der Waals surface area contributed by atoms with Gasteiger partial charge in [-0.3, -0.25) is 4.79 Å². The van der Waals surface area contributed by atoms with Crippen LogP contribution in [0.1, 0.15) is 0 Å². The van der Waals surface area contributed by atoms with E-state index in [1.807, 2.05) is 0 Å². The lowest BCUT2D eigenvalue weighted by atomic mass is 10.1. The van der Waals surface area contributed by atoms with Crippen LogP contribution in [0.4, 0.5) is 30.6 Å². The van der Waals surface area contributed by atoms with E-state index in [-0.39, 0.29) is 34.5 Å². The zero-order valence-electron chi connectivity index (χ0n) is 15.4. The van der Waals surface area contributed by atoms with Crippen LogP contribution in [-0.2, 0) is 4.79 Å². The first-order valence-corrected chi connectivity index (χ1v) is 8.93. The average Bonchev–Trinajstić information content (AvgIpc) is 2.68. The van der Waals surface area contributed by atoms with E-state index >= 15 is 0 Å². The molecule has 0 aliphatic rings. The van der Waals surface area contributed by atoms with Crippen LogP contribution in [0.2, 0.25) is 5.02 Å². The van der Waals surface area contributed by atoms with Gasteiger partial charge in [-0.05, 0) is 30.3 Å². The van der Waals surface area contributed by atoms with E-state index < -0.39 is 24.6 Å². The number of phenols is 1. The topological polar surface area (TPSA) is 117 Å². The summed E-state index contributed by atoms with van der Waals surface area (Å²) in [6.45, 7) is -0.497. The Morgan fingerprint density at radius 1 is 1.13 bits per heavy atom. The van der Waals surface area contributed by atoms with Crippen LogP contribution in [-0.4, -0.2) is 39.1 Å². The molecule has 3 aromatic rings. The van der Waals surface area contributed by atoms with Gasteiger partial charge in [-0.25, -0.2) is 4.98 Å². The number of carboxylic acids is 1. The summed E-state index contributed by atoms with van der Waals surface area (Å²) in [6.07, 6.45) is -4.87. The molecule has 12 heteroatoms. The van der Waals surface area contributed by atoms with Gasteiger partial charge < -0.3 is 25.6 Å². The number of carboxylic acid groups (broad SMARTS) is 1. The summed E-state index contributed by atoms with van der Waals surface area (Å²) in [5.41, 5.74) is 0.621. The Balaban J connectivity index is 2.00. The van der Waals surface area contributed by atoms with E-state index in [0.717, 1.165) is 12.1 Å². The van der Waals surface area contributed by atoms with Crippen molar-refractivity contribution in [2.75, 3.05) is 17.2 Å². The van der Waals surface area contributed by atoms with Crippen molar-refractivity contribution in [1.29, 1.82) is 0 Å². The third-order valence-electron chi connectivity index (χ3n) is 3.71. The summed E-state index contributed by atoms with van der Waals surface area (Å²) in [7, 11) is 0. The number of aromatic hydroxyl groups is 1. The van der Waals surface area contributed by atoms with Crippen molar-refractivity contribution in [2.45, 2.75) is 6.36 Å². The molecule has 0 bridgehead atoms. The number of nitrogens with one attached hydrogen (secondary N) is 2. The quantitative estimate of drug-likeness (QED) is 0.381. The molecule has 0 saturated heterocycles. The summed E-state index contributed by atoms with van der Waals surface area (Å²) < 4.78 is 41.5. The number of halogens is 4. The highest BCUT2D eigenvalue weighted by Gasteiger charge is 2.31. The van der Waals surface area contributed by atoms with Crippen LogP contribution in [0.25, 0.3) is 11.3 Å². The fourth-order valence-electron chi connectivity index (χ4n) is 2.49. The summed E-state index contributed by atoms with van der Waals surface area (Å²) in [4.78, 5) is 19.1. The van der Waals surface area contributed by atoms with E-state index in [4.69, 9.17) is 16.7 Å². The highest BCUT2D eigenvalue weighted by molar-refractivity contribution is 6.31. The molecular weight excluding hydrogens is 441 g/mol. The minimum Gasteiger partial charge on any atom is -0.506 e. The van der Waals surface area contributed by atoms with Crippen molar-refractivity contribution in [2.24, 2.45) is 0 Å². The Kier molecular flexibility index (Phi) is 6.35. The SMILES string of the molecule is O=C(O)CNc1nc(Nc2cc(Cl)ccc2O)cc(-c2cccc(OC(F)(F)F)c2)n1. The fraction of sp³-hybridized carbons (Fsp3) is 0.105. The minimum absolute atomic E-state index is 0.105. The van der Waals surface area contributed by atoms with Crippen LogP contribution in [0.5, 0.6) is 11.5 Å². The second kappa shape index (κ2) is 8.96. The van der Waals surface area contributed by atoms with Crippen LogP contribution in [0.15, 0.2) is 48.5 Å². The Morgan fingerprint density at radius 2 is 1.90 bits per heavy atom. The Bertz CT molecular complexity index is 1110. The molecule has 0 unspecified atom stereocenters. The maximum absolute atomic E-state index is 12.5. The van der Waals surface area contributed by atoms with Crippen molar-refractivity contribution < 1.29 is 32.9 Å². The lowest BCUT2D eigenvalue weighted by molar-refractivity contribution is -0.274. The highest BCUT2D eigenvalue weighted by atomic mass is 35.5. The van der Waals surface area contributed by atoms with Crippen LogP contribution in [0, 0.1) is 0 Å². The zero-order valence-corrected chi connectivity index (χ0v) is 16.2. The van der Waals surface area contributed by atoms with Crippen LogP contribution in [0.3, 0.4) is 0 Å². The molecule has 0 atom stereocenters. The number of benzene rings is 2. The number of aliphatic carboxylic acids is 1. The number of ether oxygens (including phenoxy) is 1. The number of aromatic nitrogens is 2. The predicted octanol–water partition coefficient (Wildman–Crippen LogP) is 4.64. The standard InChI is InChI=1S/C19H14ClF3N4O4/c20-11-4-5-15(28)14(7-11)25-16-8-13(26-18(27-16)24-9-17(29)30)10-2-1-3-12(6-10)31-19(21,22)23/h1-8,28H,9H2,(H,29,30)(H2,24,25,26,27). The van der Waals surface area contributed by atoms with Crippen molar-refractivity contribution in [3.05, 3.63) is 53.6 Å². The summed E-state index contributed by atoms with van der Waals surface area (Å²) in [5, 5.41) is 24.5. The molecule has 31 heavy (non-hydrogen) atoms. The Morgan fingerprint density at radius 3 is 2.61 bits per heavy atom. The van der Waals surface area contributed by atoms with Crippen molar-refractivity contribution in [3.63, 3.8) is 0 Å². The number of carbonyl (C=O) groups is 1. The predicted molar refractivity (Wildman–Crippen MR) is 107 cm³/mol. The number of hydrogen-bond donors (Lipinski definition) is 4. The molecular formula is C19H14ClF3N4O4. The van der Waals surface area contributed by atoms with Gasteiger partial charge in [0.15, 0.2) is 0 Å². The van der Waals surface area contributed by atoms with E-state index in [1.165, 1.54) is 36.4 Å². The molecule has 162 valence electrons. The van der Waals surface area contributed by atoms with Gasteiger partial charge in [-0.1, -0.05) is 23.7 Å². The fourth-order valence-corrected chi connectivity index (χ4v) is 2.66. The molecule has 8 nitrogen and oxygen atoms in total. The summed E-state index contributed by atoms with van der Waals surface area (Å²) >= 11 is 5.93. The van der Waals surface area contributed by atoms with Crippen LogP contribution < -0.4 is 15.4 Å². The lowest BCUT2D eigenvalue weighted by Gasteiger charge is -2.13. The molecule has 0 aliphatic carbocycles. The Labute approximate surface area is 178 Å². The van der Waals surface area contributed by atoms with Crippen molar-refractivity contribution in [1.82, 2.24) is 9.97 Å². The zero-order chi connectivity index (χ0) is 22.6. The maximum atomic E-state index is 12.5. The second-order valence-electron chi connectivity index (χ2n) is 6.07. The molecule has 0 amide bonds. The molecule has 4 N–H and O–H groups in total. The molecule has 0 spiro atoms. The van der Waals surface area contributed by atoms with Crippen LogP contribution >= 0.6 is 11.6 Å². The third kappa shape index (κ3) is 6.37. The Hall–Kier alpha value is -3.73. The first kappa shape index (κ1) is 22.0. The molecule has 0 radical (unpaired) electrons. The van der Waals surface area contributed by atoms with Gasteiger partial charge in [0.2, 0.25) is 5.95 Å². The number of nitrogens with zero attached hydrogens (tertiary/aromatic N) is 2. The maximum Gasteiger partial charge on any atom is 0.573 e. The van der Waals surface area contributed by atoms with Crippen molar-refractivity contribution in [3.8, 4) is 22.8 Å². The number of alkyl halides is 3. The van der Waals surface area contributed by atoms with E-state index in [1.54, 1.807) is 0 Å². The van der Waals surface area contributed by atoms with E-state index in [2.05, 4.69) is 25.3 Å². The van der Waals surface area contributed by atoms with Gasteiger partial charge in [0.05, 0.1) is 11.4 Å². The first-order chi connectivity index (χ1) is 14.6. The third-order valence-corrected chi connectivity index (χ3v) is 3.94. The molecule has 0 saturated carbocycles. The van der Waals surface area contributed by atoms with E-state index in [0.29, 0.717) is 5.02 Å². The number of hydrogen-bond acceptors (Lipinski definition) is 7. The van der Waals surface area contributed by atoms with Gasteiger partial charge in [-0.15, -0.1) is 13.2 Å². The smallest absolute Gasteiger partial charge is 0.506 e. The van der Waals surface area contributed by atoms with Gasteiger partial charge in [-0.2, -0.15) is 4.98 Å². The minimum atomic E-state index is -4.87. The summed E-state index contributed by atoms with van der Waals surface area (Å²) in [5.74, 6) is -1.74. The molecule has 0 fully saturated rings. The molecule has 3 rings (SSSR count). The van der Waals surface area contributed by atoms with Gasteiger partial charge in [0.25, 0.3) is 0 Å². The summed E-state index contributed by atoms with van der Waals surface area (Å²) in [6, 6.07) is 10.8. The molecule has 0 aliphatic heterocycles. The van der Waals surface area contributed by atoms with Gasteiger partial charge >= 0.3 is 12.3 Å². The number of phenolic OH excluding ortho intramolecular Hbond substituents is 1. The second-order valence-corrected chi connectivity index (χ2v) is 6.51. The largest absolute Gasteiger partial charge is 0.573 e. The molecule has 1 aromatic heterocycles. The molecule has 1 heterocycles. The average molecular weight is 455 g/mol. The van der Waals surface area contributed by atoms with Crippen molar-refractivity contribution >= 4 is 35.0 Å². The number of anilines is 3. The monoisotopic (exact) mass is 454 g/mol. The van der Waals surface area contributed by atoms with Gasteiger partial charge in [0, 0.05) is 16.7 Å². The molecule has 2 aromatic carbocycles. The van der Waals surface area contributed by atoms with Gasteiger partial charge in [0.1, 0.15) is 23.9 Å². The normalized spacial score (nSPS) is 11.1. The number of rotatable bonds is 7. The lowest BCUT2D eigenvalue weighted by Crippen LogP contribution is -2.17. The highest BCUT2D eigenvalue weighted by Crippen LogP contribution is 2.32.